The van der Waals surface area contributed by atoms with Gasteiger partial charge in [0, 0.05) is 48.9 Å². The average molecular weight is 511 g/mol. The van der Waals surface area contributed by atoms with E-state index in [0.29, 0.717) is 5.95 Å². The van der Waals surface area contributed by atoms with Gasteiger partial charge in [-0.1, -0.05) is 97.1 Å². The molecule has 0 aliphatic rings. The van der Waals surface area contributed by atoms with Crippen LogP contribution in [0.1, 0.15) is 0 Å². The van der Waals surface area contributed by atoms with Gasteiger partial charge in [-0.05, 0) is 35.7 Å². The van der Waals surface area contributed by atoms with Gasteiger partial charge in [-0.15, -0.1) is 0 Å². The highest BCUT2D eigenvalue weighted by Crippen LogP contribution is 2.42. The molecule has 0 radical (unpaired) electrons. The third-order valence-corrected chi connectivity index (χ3v) is 8.12. The number of nitrogens with one attached hydrogen (secondary N) is 1. The van der Waals surface area contributed by atoms with Gasteiger partial charge in [-0.25, -0.2) is 9.97 Å². The Bertz CT molecular complexity index is 2430. The molecule has 0 aliphatic carbocycles. The number of H-pyrrole nitrogens is 1. The van der Waals surface area contributed by atoms with Gasteiger partial charge in [0.05, 0.1) is 22.2 Å². The molecule has 0 unspecified atom stereocenters. The zero-order valence-corrected chi connectivity index (χ0v) is 21.5. The fourth-order valence-corrected chi connectivity index (χ4v) is 6.41. The molecular formula is C36H22N4. The maximum absolute atomic E-state index is 5.24. The van der Waals surface area contributed by atoms with E-state index in [4.69, 9.17) is 9.97 Å². The second-order valence-electron chi connectivity index (χ2n) is 10.3. The summed E-state index contributed by atoms with van der Waals surface area (Å²) in [5.74, 6) is 0.675. The highest BCUT2D eigenvalue weighted by Gasteiger charge is 2.20. The van der Waals surface area contributed by atoms with E-state index in [0.717, 1.165) is 44.2 Å². The van der Waals surface area contributed by atoms with Crippen molar-refractivity contribution >= 4 is 65.3 Å². The van der Waals surface area contributed by atoms with Crippen LogP contribution in [0.15, 0.2) is 127 Å². The van der Waals surface area contributed by atoms with E-state index in [2.05, 4.69) is 125 Å². The number of benzene rings is 6. The molecule has 0 atom stereocenters. The second-order valence-corrected chi connectivity index (χ2v) is 10.3. The summed E-state index contributed by atoms with van der Waals surface area (Å²) in [7, 11) is 0. The zero-order valence-electron chi connectivity index (χ0n) is 21.5. The van der Waals surface area contributed by atoms with Crippen LogP contribution in [0.3, 0.4) is 0 Å². The Morgan fingerprint density at radius 3 is 2.10 bits per heavy atom. The van der Waals surface area contributed by atoms with E-state index >= 15 is 0 Å². The Morgan fingerprint density at radius 1 is 0.475 bits per heavy atom. The van der Waals surface area contributed by atoms with Gasteiger partial charge >= 0.3 is 0 Å². The summed E-state index contributed by atoms with van der Waals surface area (Å²) < 4.78 is 2.23. The van der Waals surface area contributed by atoms with Crippen LogP contribution in [0.2, 0.25) is 0 Å². The van der Waals surface area contributed by atoms with Crippen molar-refractivity contribution in [2.45, 2.75) is 0 Å². The quantitative estimate of drug-likeness (QED) is 0.252. The van der Waals surface area contributed by atoms with Crippen LogP contribution < -0.4 is 0 Å². The van der Waals surface area contributed by atoms with Crippen molar-refractivity contribution in [3.8, 4) is 17.2 Å². The SMILES string of the molecule is c1ccc(-c2nc(-n3c4ccccc4c4c5c(ccc6[nH]c7ccccc7c65)ccc43)nc3ccccc23)cc1. The normalized spacial score (nSPS) is 12.0. The summed E-state index contributed by atoms with van der Waals surface area (Å²) in [4.78, 5) is 14.0. The van der Waals surface area contributed by atoms with Crippen molar-refractivity contribution < 1.29 is 0 Å². The Kier molecular flexibility index (Phi) is 4.30. The first kappa shape index (κ1) is 21.5. The van der Waals surface area contributed by atoms with Gasteiger partial charge < -0.3 is 4.98 Å². The number of rotatable bonds is 2. The minimum atomic E-state index is 0.675. The summed E-state index contributed by atoms with van der Waals surface area (Å²) in [6.07, 6.45) is 0. The maximum atomic E-state index is 5.24. The molecule has 0 fully saturated rings. The van der Waals surface area contributed by atoms with Crippen molar-refractivity contribution in [3.63, 3.8) is 0 Å². The molecule has 186 valence electrons. The van der Waals surface area contributed by atoms with Crippen LogP contribution in [0.25, 0.3) is 82.5 Å². The van der Waals surface area contributed by atoms with Crippen LogP contribution in [-0.2, 0) is 0 Å². The molecule has 9 rings (SSSR count). The van der Waals surface area contributed by atoms with Crippen molar-refractivity contribution in [1.82, 2.24) is 19.5 Å². The van der Waals surface area contributed by atoms with E-state index in [9.17, 15) is 0 Å². The third kappa shape index (κ3) is 2.90. The lowest BCUT2D eigenvalue weighted by atomic mass is 9.99. The number of hydrogen-bond donors (Lipinski definition) is 1. The predicted molar refractivity (Wildman–Crippen MR) is 166 cm³/mol. The first-order valence-corrected chi connectivity index (χ1v) is 13.5. The number of aromatic nitrogens is 4. The van der Waals surface area contributed by atoms with Crippen molar-refractivity contribution in [2.24, 2.45) is 0 Å². The number of para-hydroxylation sites is 3. The fourth-order valence-electron chi connectivity index (χ4n) is 6.41. The van der Waals surface area contributed by atoms with E-state index in [1.165, 1.54) is 32.3 Å². The molecule has 6 aromatic carbocycles. The van der Waals surface area contributed by atoms with Crippen LogP contribution >= 0.6 is 0 Å². The summed E-state index contributed by atoms with van der Waals surface area (Å²) >= 11 is 0. The first-order valence-electron chi connectivity index (χ1n) is 13.5. The monoisotopic (exact) mass is 510 g/mol. The lowest BCUT2D eigenvalue weighted by Crippen LogP contribution is -2.03. The molecule has 9 aromatic rings. The highest BCUT2D eigenvalue weighted by molar-refractivity contribution is 6.32. The Morgan fingerprint density at radius 2 is 1.20 bits per heavy atom. The molecule has 40 heavy (non-hydrogen) atoms. The van der Waals surface area contributed by atoms with E-state index in [-0.39, 0.29) is 0 Å². The molecule has 0 amide bonds. The Hall–Kier alpha value is -5.48. The standard InChI is InChI=1S/C36H22N4/c1-2-10-23(11-3-1)35-25-13-5-8-16-28(25)38-36(39-35)40-30-17-9-6-14-26(30)34-31(40)21-19-22-18-20-29-33(32(22)34)24-12-4-7-15-27(24)37-29/h1-21,37H. The lowest BCUT2D eigenvalue weighted by molar-refractivity contribution is 1.01. The van der Waals surface area contributed by atoms with Crippen molar-refractivity contribution in [1.29, 1.82) is 0 Å². The molecule has 0 bridgehead atoms. The molecule has 3 heterocycles. The van der Waals surface area contributed by atoms with Crippen molar-refractivity contribution in [2.75, 3.05) is 0 Å². The zero-order chi connectivity index (χ0) is 26.2. The summed E-state index contributed by atoms with van der Waals surface area (Å²) in [5, 5.41) is 8.43. The minimum Gasteiger partial charge on any atom is -0.354 e. The smallest absolute Gasteiger partial charge is 0.235 e. The first-order chi connectivity index (χ1) is 19.8. The molecule has 3 aromatic heterocycles. The van der Waals surface area contributed by atoms with Crippen LogP contribution in [0.5, 0.6) is 0 Å². The molecule has 4 nitrogen and oxygen atoms in total. The van der Waals surface area contributed by atoms with Gasteiger partial charge in [-0.2, -0.15) is 0 Å². The molecule has 0 saturated carbocycles. The highest BCUT2D eigenvalue weighted by atomic mass is 15.2. The molecule has 0 spiro atoms. The number of hydrogen-bond acceptors (Lipinski definition) is 2. The molecular weight excluding hydrogens is 488 g/mol. The van der Waals surface area contributed by atoms with E-state index in [1.807, 2.05) is 12.1 Å². The number of nitrogens with zero attached hydrogens (tertiary/aromatic N) is 3. The topological polar surface area (TPSA) is 46.5 Å². The summed E-state index contributed by atoms with van der Waals surface area (Å²) in [6, 6.07) is 44.7. The summed E-state index contributed by atoms with van der Waals surface area (Å²) in [6.45, 7) is 0. The molecule has 0 aliphatic heterocycles. The lowest BCUT2D eigenvalue weighted by Gasteiger charge is -2.12. The van der Waals surface area contributed by atoms with Gasteiger partial charge in [0.1, 0.15) is 0 Å². The van der Waals surface area contributed by atoms with Crippen LogP contribution in [-0.4, -0.2) is 19.5 Å². The Balaban J connectivity index is 1.47. The minimum absolute atomic E-state index is 0.675. The van der Waals surface area contributed by atoms with Crippen LogP contribution in [0, 0.1) is 0 Å². The van der Waals surface area contributed by atoms with Gasteiger partial charge in [0.15, 0.2) is 0 Å². The number of aromatic amines is 1. The molecule has 0 saturated heterocycles. The van der Waals surface area contributed by atoms with E-state index in [1.54, 1.807) is 0 Å². The Labute approximate surface area is 229 Å². The fraction of sp³-hybridized carbons (Fsp3) is 0. The summed E-state index contributed by atoms with van der Waals surface area (Å²) in [5.41, 5.74) is 7.43. The van der Waals surface area contributed by atoms with Gasteiger partial charge in [-0.3, -0.25) is 4.57 Å². The second kappa shape index (κ2) is 8.01. The molecule has 4 heteroatoms. The maximum Gasteiger partial charge on any atom is 0.235 e. The predicted octanol–water partition coefficient (Wildman–Crippen LogP) is 9.18. The van der Waals surface area contributed by atoms with Crippen molar-refractivity contribution in [3.05, 3.63) is 127 Å². The van der Waals surface area contributed by atoms with E-state index < -0.39 is 0 Å². The largest absolute Gasteiger partial charge is 0.354 e. The third-order valence-electron chi connectivity index (χ3n) is 8.12. The number of fused-ring (bicyclic) bond motifs is 10. The van der Waals surface area contributed by atoms with Gasteiger partial charge in [0.25, 0.3) is 0 Å². The average Bonchev–Trinajstić information content (AvgIpc) is 3.57. The molecule has 1 N–H and O–H groups in total. The van der Waals surface area contributed by atoms with Gasteiger partial charge in [0.2, 0.25) is 5.95 Å². The van der Waals surface area contributed by atoms with Crippen LogP contribution in [0.4, 0.5) is 0 Å².